The zero-order valence-electron chi connectivity index (χ0n) is 13.7. The number of carbonyl (C=O) groups excluding carboxylic acids is 2. The van der Waals surface area contributed by atoms with Crippen LogP contribution in [0.25, 0.3) is 0 Å². The largest absolute Gasteiger partial charge is 0.350 e. The first-order valence-electron chi connectivity index (χ1n) is 8.39. The Balaban J connectivity index is 1.95. The van der Waals surface area contributed by atoms with Crippen LogP contribution in [-0.4, -0.2) is 17.4 Å². The van der Waals surface area contributed by atoms with Gasteiger partial charge in [0.1, 0.15) is 5.54 Å². The first-order valence-corrected chi connectivity index (χ1v) is 9.47. The van der Waals surface area contributed by atoms with Crippen molar-refractivity contribution >= 4 is 34.4 Å². The molecule has 1 aliphatic rings. The van der Waals surface area contributed by atoms with Crippen molar-refractivity contribution in [3.63, 3.8) is 0 Å². The molecule has 1 saturated carbocycles. The predicted octanol–water partition coefficient (Wildman–Crippen LogP) is 3.53. The number of hydrogen-bond donors (Lipinski definition) is 2. The Hall–Kier alpha value is -1.11. The molecule has 2 N–H and O–H groups in total. The van der Waals surface area contributed by atoms with E-state index in [1.807, 2.05) is 24.3 Å². The molecule has 0 atom stereocenters. The minimum absolute atomic E-state index is 0.00170. The Bertz CT molecular complexity index is 536. The molecule has 0 spiro atoms. The summed E-state index contributed by atoms with van der Waals surface area (Å²) >= 11 is 2.26. The summed E-state index contributed by atoms with van der Waals surface area (Å²) in [4.78, 5) is 24.8. The van der Waals surface area contributed by atoms with Gasteiger partial charge in [0.2, 0.25) is 11.8 Å². The van der Waals surface area contributed by atoms with Gasteiger partial charge < -0.3 is 10.6 Å². The van der Waals surface area contributed by atoms with Gasteiger partial charge in [0.15, 0.2) is 0 Å². The van der Waals surface area contributed by atoms with E-state index in [2.05, 4.69) is 40.1 Å². The Labute approximate surface area is 151 Å². The van der Waals surface area contributed by atoms with E-state index in [9.17, 15) is 9.59 Å². The molecule has 2 rings (SSSR count). The van der Waals surface area contributed by atoms with E-state index in [1.165, 1.54) is 3.57 Å². The molecular weight excluding hydrogens is 403 g/mol. The minimum Gasteiger partial charge on any atom is -0.350 e. The Morgan fingerprint density at radius 1 is 1.17 bits per heavy atom. The van der Waals surface area contributed by atoms with Crippen LogP contribution >= 0.6 is 22.6 Å². The smallest absolute Gasteiger partial charge is 0.246 e. The van der Waals surface area contributed by atoms with Gasteiger partial charge in [-0.25, -0.2) is 0 Å². The van der Waals surface area contributed by atoms with Gasteiger partial charge >= 0.3 is 0 Å². The van der Waals surface area contributed by atoms with Crippen LogP contribution in [0.2, 0.25) is 0 Å². The second-order valence-electron chi connectivity index (χ2n) is 6.25. The van der Waals surface area contributed by atoms with E-state index in [1.54, 1.807) is 0 Å². The molecule has 0 aliphatic heterocycles. The third-order valence-electron chi connectivity index (χ3n) is 4.39. The van der Waals surface area contributed by atoms with Crippen molar-refractivity contribution < 1.29 is 9.59 Å². The van der Waals surface area contributed by atoms with Gasteiger partial charge in [0.25, 0.3) is 0 Å². The molecule has 126 valence electrons. The molecule has 2 amide bonds. The summed E-state index contributed by atoms with van der Waals surface area (Å²) in [5.74, 6) is -0.0448. The number of hydrogen-bond acceptors (Lipinski definition) is 2. The molecule has 1 fully saturated rings. The predicted molar refractivity (Wildman–Crippen MR) is 99.9 cm³/mol. The molecule has 0 radical (unpaired) electrons. The topological polar surface area (TPSA) is 58.2 Å². The van der Waals surface area contributed by atoms with Crippen LogP contribution in [0.4, 0.5) is 0 Å². The molecule has 0 heterocycles. The van der Waals surface area contributed by atoms with Gasteiger partial charge in [0, 0.05) is 16.5 Å². The van der Waals surface area contributed by atoms with Crippen molar-refractivity contribution in [1.29, 1.82) is 0 Å². The molecule has 0 unspecified atom stereocenters. The second-order valence-corrected chi connectivity index (χ2v) is 7.50. The summed E-state index contributed by atoms with van der Waals surface area (Å²) in [5.41, 5.74) is 0.373. The molecule has 4 nitrogen and oxygen atoms in total. The Kier molecular flexibility index (Phi) is 6.87. The summed E-state index contributed by atoms with van der Waals surface area (Å²) in [6.45, 7) is 2.56. The molecule has 0 aromatic heterocycles. The van der Waals surface area contributed by atoms with Crippen LogP contribution < -0.4 is 10.6 Å². The maximum absolute atomic E-state index is 12.7. The van der Waals surface area contributed by atoms with Crippen molar-refractivity contribution in [1.82, 2.24) is 10.6 Å². The summed E-state index contributed by atoms with van der Waals surface area (Å²) in [6, 6.07) is 8.09. The average Bonchev–Trinajstić information content (AvgIpc) is 3.01. The first-order chi connectivity index (χ1) is 11.1. The zero-order valence-corrected chi connectivity index (χ0v) is 15.8. The van der Waals surface area contributed by atoms with Crippen LogP contribution in [0.1, 0.15) is 57.4 Å². The van der Waals surface area contributed by atoms with Crippen LogP contribution in [-0.2, 0) is 16.1 Å². The van der Waals surface area contributed by atoms with Gasteiger partial charge in [-0.2, -0.15) is 0 Å². The van der Waals surface area contributed by atoms with E-state index < -0.39 is 5.54 Å². The van der Waals surface area contributed by atoms with E-state index in [0.29, 0.717) is 13.0 Å². The highest BCUT2D eigenvalue weighted by Gasteiger charge is 2.42. The summed E-state index contributed by atoms with van der Waals surface area (Å²) < 4.78 is 1.17. The van der Waals surface area contributed by atoms with Crippen molar-refractivity contribution in [2.45, 2.75) is 64.0 Å². The molecule has 1 aromatic carbocycles. The average molecular weight is 428 g/mol. The molecule has 1 aliphatic carbocycles. The van der Waals surface area contributed by atoms with Crippen molar-refractivity contribution in [3.05, 3.63) is 33.4 Å². The summed E-state index contributed by atoms with van der Waals surface area (Å²) in [6.07, 6.45) is 5.82. The highest BCUT2D eigenvalue weighted by Crippen LogP contribution is 2.30. The number of nitrogens with one attached hydrogen (secondary N) is 2. The van der Waals surface area contributed by atoms with Crippen LogP contribution in [0, 0.1) is 3.57 Å². The van der Waals surface area contributed by atoms with Crippen molar-refractivity contribution in [2.24, 2.45) is 0 Å². The van der Waals surface area contributed by atoms with Gasteiger partial charge in [-0.05, 0) is 59.5 Å². The maximum atomic E-state index is 12.7. The highest BCUT2D eigenvalue weighted by atomic mass is 127. The summed E-state index contributed by atoms with van der Waals surface area (Å²) in [5, 5.41) is 6.03. The standard InChI is InChI=1S/C18H25IN2O2/c1-2-3-6-16(22)21-18(11-4-5-12-18)17(23)20-13-14-7-9-15(19)10-8-14/h7-10H,2-6,11-13H2,1H3,(H,20,23)(H,21,22). The van der Waals surface area contributed by atoms with E-state index in [4.69, 9.17) is 0 Å². The zero-order chi connectivity index (χ0) is 16.7. The third kappa shape index (κ3) is 5.19. The lowest BCUT2D eigenvalue weighted by Gasteiger charge is -2.29. The van der Waals surface area contributed by atoms with E-state index >= 15 is 0 Å². The Morgan fingerprint density at radius 3 is 2.43 bits per heavy atom. The van der Waals surface area contributed by atoms with Crippen molar-refractivity contribution in [2.75, 3.05) is 0 Å². The monoisotopic (exact) mass is 428 g/mol. The van der Waals surface area contributed by atoms with Gasteiger partial charge in [-0.1, -0.05) is 38.3 Å². The third-order valence-corrected chi connectivity index (χ3v) is 5.11. The fraction of sp³-hybridized carbons (Fsp3) is 0.556. The van der Waals surface area contributed by atoms with Crippen molar-refractivity contribution in [3.8, 4) is 0 Å². The SMILES string of the molecule is CCCCC(=O)NC1(C(=O)NCc2ccc(I)cc2)CCCC1. The fourth-order valence-corrected chi connectivity index (χ4v) is 3.37. The number of unbranched alkanes of at least 4 members (excludes halogenated alkanes) is 1. The molecular formula is C18H25IN2O2. The number of amides is 2. The molecule has 5 heteroatoms. The maximum Gasteiger partial charge on any atom is 0.246 e. The number of rotatable bonds is 7. The van der Waals surface area contributed by atoms with Crippen LogP contribution in [0.5, 0.6) is 0 Å². The first kappa shape index (κ1) is 18.2. The van der Waals surface area contributed by atoms with E-state index in [0.717, 1.165) is 44.1 Å². The second kappa shape index (κ2) is 8.66. The highest BCUT2D eigenvalue weighted by molar-refractivity contribution is 14.1. The lowest BCUT2D eigenvalue weighted by Crippen LogP contribution is -2.57. The molecule has 0 saturated heterocycles. The quantitative estimate of drug-likeness (QED) is 0.653. The van der Waals surface area contributed by atoms with Gasteiger partial charge in [-0.3, -0.25) is 9.59 Å². The number of halogens is 1. The fourth-order valence-electron chi connectivity index (χ4n) is 3.01. The number of benzene rings is 1. The minimum atomic E-state index is -0.700. The molecule has 1 aromatic rings. The van der Waals surface area contributed by atoms with Crippen LogP contribution in [0.15, 0.2) is 24.3 Å². The molecule has 23 heavy (non-hydrogen) atoms. The number of carbonyl (C=O) groups is 2. The van der Waals surface area contributed by atoms with E-state index in [-0.39, 0.29) is 11.8 Å². The summed E-state index contributed by atoms with van der Waals surface area (Å²) in [7, 11) is 0. The van der Waals surface area contributed by atoms with Gasteiger partial charge in [-0.15, -0.1) is 0 Å². The van der Waals surface area contributed by atoms with Gasteiger partial charge in [0.05, 0.1) is 0 Å². The lowest BCUT2D eigenvalue weighted by molar-refractivity contribution is -0.133. The lowest BCUT2D eigenvalue weighted by atomic mass is 9.95. The van der Waals surface area contributed by atoms with Crippen LogP contribution in [0.3, 0.4) is 0 Å². The molecule has 0 bridgehead atoms. The normalized spacial score (nSPS) is 16.1. The Morgan fingerprint density at radius 2 is 1.83 bits per heavy atom.